The summed E-state index contributed by atoms with van der Waals surface area (Å²) in [6.45, 7) is 7.56. The number of carbonyl (C=O) groups is 1. The molecule has 1 heterocycles. The summed E-state index contributed by atoms with van der Waals surface area (Å²) in [5.74, 6) is -0.427. The number of unbranched alkanes of at least 4 members (excludes halogenated alkanes) is 2. The predicted octanol–water partition coefficient (Wildman–Crippen LogP) is 3.50. The largest absolute Gasteiger partial charge is 0.490 e. The third-order valence-corrected chi connectivity index (χ3v) is 6.31. The van der Waals surface area contributed by atoms with E-state index in [4.69, 9.17) is 9.47 Å². The van der Waals surface area contributed by atoms with E-state index < -0.39 is 22.0 Å². The van der Waals surface area contributed by atoms with Crippen molar-refractivity contribution in [2.75, 3.05) is 13.2 Å². The van der Waals surface area contributed by atoms with Crippen LogP contribution in [0.15, 0.2) is 38.8 Å². The first-order chi connectivity index (χ1) is 15.6. The van der Waals surface area contributed by atoms with Crippen molar-refractivity contribution in [2.45, 2.75) is 69.1 Å². The minimum Gasteiger partial charge on any atom is -0.490 e. The van der Waals surface area contributed by atoms with Gasteiger partial charge in [-0.25, -0.2) is 9.48 Å². The third kappa shape index (κ3) is 7.38. The van der Waals surface area contributed by atoms with Crippen molar-refractivity contribution in [3.63, 3.8) is 0 Å². The van der Waals surface area contributed by atoms with Crippen LogP contribution < -0.4 is 20.7 Å². The van der Waals surface area contributed by atoms with E-state index >= 15 is 0 Å². The topological polar surface area (TPSA) is 113 Å². The van der Waals surface area contributed by atoms with E-state index in [1.807, 2.05) is 6.92 Å². The number of ether oxygens (including phenoxy) is 2. The highest BCUT2D eigenvalue weighted by Crippen LogP contribution is 2.33. The number of benzene rings is 1. The molecule has 0 aliphatic carbocycles. The van der Waals surface area contributed by atoms with E-state index in [1.54, 1.807) is 38.1 Å². The molecule has 9 nitrogen and oxygen atoms in total. The van der Waals surface area contributed by atoms with Crippen LogP contribution in [0.2, 0.25) is 0 Å². The summed E-state index contributed by atoms with van der Waals surface area (Å²) >= 11 is 1.25. The van der Waals surface area contributed by atoms with Gasteiger partial charge in [0.25, 0.3) is 5.88 Å². The molecule has 0 amide bonds. The fourth-order valence-electron chi connectivity index (χ4n) is 3.00. The second kappa shape index (κ2) is 11.9. The fraction of sp³-hybridized carbons (Fsp3) is 0.565. The van der Waals surface area contributed by atoms with Crippen LogP contribution in [-0.2, 0) is 11.8 Å². The number of nitrogens with zero attached hydrogens (tertiary/aromatic N) is 3. The van der Waals surface area contributed by atoms with Gasteiger partial charge >= 0.3 is 17.2 Å². The highest BCUT2D eigenvalue weighted by Gasteiger charge is 2.28. The molecule has 1 atom stereocenters. The minimum absolute atomic E-state index is 0.0766. The van der Waals surface area contributed by atoms with Crippen LogP contribution in [0.1, 0.15) is 59.4 Å². The minimum atomic E-state index is -0.931. The summed E-state index contributed by atoms with van der Waals surface area (Å²) in [5.41, 5.74) is -1.05. The van der Waals surface area contributed by atoms with E-state index in [1.165, 1.54) is 23.5 Å². The molecular formula is C23H33N3O6S. The zero-order valence-electron chi connectivity index (χ0n) is 19.9. The average molecular weight is 480 g/mol. The lowest BCUT2D eigenvalue weighted by molar-refractivity contribution is -0.138. The van der Waals surface area contributed by atoms with Crippen molar-refractivity contribution in [3.05, 3.63) is 45.1 Å². The van der Waals surface area contributed by atoms with Crippen molar-refractivity contribution >= 4 is 17.7 Å². The summed E-state index contributed by atoms with van der Waals surface area (Å²) < 4.78 is 12.6. The van der Waals surface area contributed by atoms with Gasteiger partial charge in [-0.2, -0.15) is 0 Å². The third-order valence-electron chi connectivity index (χ3n) is 5.11. The molecule has 1 N–H and O–H groups in total. The Balaban J connectivity index is 1.95. The molecule has 0 radical (unpaired) electrons. The number of hydrogen-bond donors (Lipinski definition) is 1. The smallest absolute Gasteiger partial charge is 0.347 e. The Morgan fingerprint density at radius 2 is 1.79 bits per heavy atom. The molecule has 2 aromatic rings. The van der Waals surface area contributed by atoms with Gasteiger partial charge in [0.15, 0.2) is 0 Å². The molecule has 0 saturated carbocycles. The molecule has 10 heteroatoms. The van der Waals surface area contributed by atoms with Crippen LogP contribution in [0.5, 0.6) is 11.6 Å². The van der Waals surface area contributed by atoms with Gasteiger partial charge in [0.1, 0.15) is 23.7 Å². The summed E-state index contributed by atoms with van der Waals surface area (Å²) in [6.07, 6.45) is 3.92. The van der Waals surface area contributed by atoms with Crippen molar-refractivity contribution in [1.82, 2.24) is 14.3 Å². The fourth-order valence-corrected chi connectivity index (χ4v) is 3.95. The Labute approximate surface area is 197 Å². The quantitative estimate of drug-likeness (QED) is 0.343. The van der Waals surface area contributed by atoms with Crippen molar-refractivity contribution < 1.29 is 19.4 Å². The van der Waals surface area contributed by atoms with Gasteiger partial charge in [0.05, 0.1) is 6.04 Å². The Bertz CT molecular complexity index is 1050. The Kier molecular flexibility index (Phi) is 9.57. The second-order valence-corrected chi connectivity index (χ2v) is 10.0. The Morgan fingerprint density at radius 1 is 1.15 bits per heavy atom. The van der Waals surface area contributed by atoms with Crippen LogP contribution in [0, 0.1) is 0 Å². The average Bonchev–Trinajstić information content (AvgIpc) is 2.77. The second-order valence-electron chi connectivity index (χ2n) is 8.33. The molecule has 0 fully saturated rings. The van der Waals surface area contributed by atoms with Crippen molar-refractivity contribution in [1.29, 1.82) is 0 Å². The van der Waals surface area contributed by atoms with Gasteiger partial charge in [0.2, 0.25) is 0 Å². The maximum atomic E-state index is 12.4. The maximum absolute atomic E-state index is 12.4. The van der Waals surface area contributed by atoms with E-state index in [0.717, 1.165) is 35.1 Å². The van der Waals surface area contributed by atoms with Crippen LogP contribution in [-0.4, -0.2) is 43.4 Å². The lowest BCUT2D eigenvalue weighted by Crippen LogP contribution is -2.41. The summed E-state index contributed by atoms with van der Waals surface area (Å²) in [4.78, 5) is 36.9. The molecule has 182 valence electrons. The van der Waals surface area contributed by atoms with E-state index in [-0.39, 0.29) is 25.1 Å². The SMILES string of the molecule is CCCCCC(C)n1nc(OCCOc2ccc(SC(C)(C)C(=O)O)cc2)c(=O)n(C)c1=O. The van der Waals surface area contributed by atoms with E-state index in [0.29, 0.717) is 5.75 Å². The number of carboxylic acids is 1. The number of thioether (sulfide) groups is 1. The standard InChI is InChI=1S/C23H33N3O6S/c1-6-7-8-9-16(2)26-22(30)25(5)20(27)19(24-26)32-15-14-31-17-10-12-18(13-11-17)33-23(3,4)21(28)29/h10-13,16H,6-9,14-15H2,1-5H3,(H,28,29). The van der Waals surface area contributed by atoms with Gasteiger partial charge in [-0.15, -0.1) is 16.9 Å². The monoisotopic (exact) mass is 479 g/mol. The lowest BCUT2D eigenvalue weighted by atomic mass is 10.1. The van der Waals surface area contributed by atoms with Gasteiger partial charge in [0, 0.05) is 11.9 Å². The van der Waals surface area contributed by atoms with Crippen LogP contribution in [0.3, 0.4) is 0 Å². The first-order valence-electron chi connectivity index (χ1n) is 11.0. The molecule has 0 spiro atoms. The summed E-state index contributed by atoms with van der Waals surface area (Å²) in [5, 5.41) is 13.4. The number of carboxylic acid groups (broad SMARTS) is 1. The van der Waals surface area contributed by atoms with Crippen LogP contribution in [0.25, 0.3) is 0 Å². The lowest BCUT2D eigenvalue weighted by Gasteiger charge is -2.18. The van der Waals surface area contributed by atoms with Crippen molar-refractivity contribution in [2.24, 2.45) is 7.05 Å². The molecule has 1 aromatic heterocycles. The van der Waals surface area contributed by atoms with Gasteiger partial charge < -0.3 is 14.6 Å². The Hall–Kier alpha value is -2.75. The first-order valence-corrected chi connectivity index (χ1v) is 11.9. The van der Waals surface area contributed by atoms with Crippen molar-refractivity contribution in [3.8, 4) is 11.6 Å². The molecule has 0 saturated heterocycles. The number of aliphatic carboxylic acids is 1. The van der Waals surface area contributed by atoms with Gasteiger partial charge in [-0.05, 0) is 51.5 Å². The zero-order chi connectivity index (χ0) is 24.6. The number of rotatable bonds is 13. The molecule has 2 rings (SSSR count). The number of aromatic nitrogens is 3. The molecule has 0 bridgehead atoms. The summed E-state index contributed by atoms with van der Waals surface area (Å²) in [7, 11) is 1.41. The van der Waals surface area contributed by atoms with E-state index in [9.17, 15) is 19.5 Å². The molecule has 0 aliphatic rings. The normalized spacial score (nSPS) is 12.4. The maximum Gasteiger partial charge on any atom is 0.347 e. The van der Waals surface area contributed by atoms with Crippen LogP contribution >= 0.6 is 11.8 Å². The summed E-state index contributed by atoms with van der Waals surface area (Å²) in [6, 6.07) is 6.93. The molecule has 0 aliphatic heterocycles. The molecule has 1 aromatic carbocycles. The van der Waals surface area contributed by atoms with Gasteiger partial charge in [-0.3, -0.25) is 14.2 Å². The highest BCUT2D eigenvalue weighted by molar-refractivity contribution is 8.01. The molecule has 33 heavy (non-hydrogen) atoms. The van der Waals surface area contributed by atoms with Crippen LogP contribution in [0.4, 0.5) is 0 Å². The predicted molar refractivity (Wildman–Crippen MR) is 128 cm³/mol. The highest BCUT2D eigenvalue weighted by atomic mass is 32.2. The van der Waals surface area contributed by atoms with E-state index in [2.05, 4.69) is 12.0 Å². The first kappa shape index (κ1) is 26.5. The molecule has 1 unspecified atom stereocenters. The zero-order valence-corrected chi connectivity index (χ0v) is 20.7. The Morgan fingerprint density at radius 3 is 2.39 bits per heavy atom. The molecular weight excluding hydrogens is 446 g/mol. The van der Waals surface area contributed by atoms with Gasteiger partial charge in [-0.1, -0.05) is 26.2 Å². The number of hydrogen-bond acceptors (Lipinski definition) is 7.